The average Bonchev–Trinajstić information content (AvgIpc) is 2.89. The number of carbonyl (C=O) groups is 3. The first kappa shape index (κ1) is 18.6. The van der Waals surface area contributed by atoms with Gasteiger partial charge >= 0.3 is 5.97 Å². The van der Waals surface area contributed by atoms with Crippen LogP contribution in [-0.4, -0.2) is 48.7 Å². The van der Waals surface area contributed by atoms with Gasteiger partial charge in [0.25, 0.3) is 5.91 Å². The normalized spacial score (nSPS) is 13.2. The Bertz CT molecular complexity index is 548. The van der Waals surface area contributed by atoms with Gasteiger partial charge in [0.2, 0.25) is 5.91 Å². The molecule has 0 aliphatic carbocycles. The van der Waals surface area contributed by atoms with E-state index < -0.39 is 24.0 Å². The van der Waals surface area contributed by atoms with Crippen LogP contribution < -0.4 is 10.6 Å². The number of ether oxygens (including phenoxy) is 1. The van der Waals surface area contributed by atoms with Crippen molar-refractivity contribution in [2.75, 3.05) is 13.7 Å². The monoisotopic (exact) mass is 392 g/mol. The molecule has 22 heavy (non-hydrogen) atoms. The zero-order chi connectivity index (χ0) is 16.7. The molecule has 3 N–H and O–H groups in total. The first-order valence-electron chi connectivity index (χ1n) is 6.43. The second kappa shape index (κ2) is 8.86. The van der Waals surface area contributed by atoms with Crippen LogP contribution in [0.2, 0.25) is 0 Å². The van der Waals surface area contributed by atoms with Gasteiger partial charge in [0.15, 0.2) is 0 Å². The fourth-order valence-electron chi connectivity index (χ4n) is 1.56. The van der Waals surface area contributed by atoms with Crippen LogP contribution in [0.25, 0.3) is 0 Å². The second-order valence-corrected chi connectivity index (χ2v) is 6.94. The van der Waals surface area contributed by atoms with Crippen molar-refractivity contribution in [3.8, 4) is 0 Å². The summed E-state index contributed by atoms with van der Waals surface area (Å²) in [4.78, 5) is 35.4. The number of carboxylic acid groups (broad SMARTS) is 1. The van der Waals surface area contributed by atoms with E-state index in [-0.39, 0.29) is 18.9 Å². The summed E-state index contributed by atoms with van der Waals surface area (Å²) < 4.78 is 5.61. The summed E-state index contributed by atoms with van der Waals surface area (Å²) >= 11 is 4.49. The van der Waals surface area contributed by atoms with E-state index in [0.29, 0.717) is 4.88 Å². The highest BCUT2D eigenvalue weighted by atomic mass is 79.9. The molecule has 0 spiro atoms. The van der Waals surface area contributed by atoms with Gasteiger partial charge in [0, 0.05) is 20.1 Å². The molecule has 9 heteroatoms. The summed E-state index contributed by atoms with van der Waals surface area (Å²) in [5, 5.41) is 13.9. The number of nitrogens with one attached hydrogen (secondary N) is 2. The maximum absolute atomic E-state index is 12.0. The molecule has 0 saturated carbocycles. The molecule has 1 heterocycles. The molecule has 2 unspecified atom stereocenters. The van der Waals surface area contributed by atoms with E-state index in [4.69, 9.17) is 9.84 Å². The van der Waals surface area contributed by atoms with Crippen LogP contribution in [0.5, 0.6) is 0 Å². The predicted octanol–water partition coefficient (Wildman–Crippen LogP) is 1.23. The van der Waals surface area contributed by atoms with E-state index in [0.717, 1.165) is 3.79 Å². The smallest absolute Gasteiger partial charge is 0.326 e. The van der Waals surface area contributed by atoms with Crippen molar-refractivity contribution in [1.82, 2.24) is 10.6 Å². The molecule has 1 rings (SSSR count). The summed E-state index contributed by atoms with van der Waals surface area (Å²) in [5.74, 6) is -2.10. The Morgan fingerprint density at radius 2 is 2.05 bits per heavy atom. The lowest BCUT2D eigenvalue weighted by Crippen LogP contribution is -2.50. The van der Waals surface area contributed by atoms with Crippen molar-refractivity contribution in [3.05, 3.63) is 20.8 Å². The highest BCUT2D eigenvalue weighted by Crippen LogP contribution is 2.21. The summed E-state index contributed by atoms with van der Waals surface area (Å²) in [6.07, 6.45) is 0.149. The summed E-state index contributed by atoms with van der Waals surface area (Å²) in [6.45, 7) is 1.70. The number of hydrogen-bond acceptors (Lipinski definition) is 5. The van der Waals surface area contributed by atoms with E-state index in [1.165, 1.54) is 25.4 Å². The molecule has 122 valence electrons. The minimum absolute atomic E-state index is 0.149. The fourth-order valence-corrected chi connectivity index (χ4v) is 2.85. The molecule has 1 aromatic rings. The van der Waals surface area contributed by atoms with Crippen LogP contribution in [0.4, 0.5) is 0 Å². The van der Waals surface area contributed by atoms with Gasteiger partial charge < -0.3 is 20.5 Å². The van der Waals surface area contributed by atoms with Gasteiger partial charge in [-0.1, -0.05) is 0 Å². The van der Waals surface area contributed by atoms with Crippen LogP contribution in [0.15, 0.2) is 15.9 Å². The van der Waals surface area contributed by atoms with E-state index in [1.54, 1.807) is 12.1 Å². The molecule has 0 aromatic carbocycles. The molecule has 0 fully saturated rings. The standard InChI is InChI=1S/C13H17BrN2O5S/c1-7(15-12(18)9-3-4-10(14)22-9)11(17)16-8(13(19)20)5-6-21-2/h3-4,7-8H,5-6H2,1-2H3,(H,15,18)(H,16,17)(H,19,20). The molecule has 7 nitrogen and oxygen atoms in total. The van der Waals surface area contributed by atoms with Gasteiger partial charge in [0.05, 0.1) is 8.66 Å². The van der Waals surface area contributed by atoms with Crippen LogP contribution in [-0.2, 0) is 14.3 Å². The maximum atomic E-state index is 12.0. The topological polar surface area (TPSA) is 105 Å². The zero-order valence-electron chi connectivity index (χ0n) is 12.1. The van der Waals surface area contributed by atoms with Crippen molar-refractivity contribution in [2.45, 2.75) is 25.4 Å². The van der Waals surface area contributed by atoms with Crippen molar-refractivity contribution in [2.24, 2.45) is 0 Å². The maximum Gasteiger partial charge on any atom is 0.326 e. The van der Waals surface area contributed by atoms with Gasteiger partial charge in [-0.3, -0.25) is 9.59 Å². The first-order valence-corrected chi connectivity index (χ1v) is 8.04. The Morgan fingerprint density at radius 3 is 2.55 bits per heavy atom. The zero-order valence-corrected chi connectivity index (χ0v) is 14.5. The Morgan fingerprint density at radius 1 is 1.36 bits per heavy atom. The van der Waals surface area contributed by atoms with Crippen LogP contribution in [0, 0.1) is 0 Å². The van der Waals surface area contributed by atoms with Crippen molar-refractivity contribution >= 4 is 45.1 Å². The highest BCUT2D eigenvalue weighted by Gasteiger charge is 2.24. The molecule has 0 aliphatic heterocycles. The third kappa shape index (κ3) is 5.74. The number of hydrogen-bond donors (Lipinski definition) is 3. The highest BCUT2D eigenvalue weighted by molar-refractivity contribution is 9.11. The lowest BCUT2D eigenvalue weighted by Gasteiger charge is -2.18. The molecule has 2 amide bonds. The third-order valence-electron chi connectivity index (χ3n) is 2.76. The molecule has 1 aromatic heterocycles. The number of methoxy groups -OCH3 is 1. The molecular weight excluding hydrogens is 376 g/mol. The predicted molar refractivity (Wildman–Crippen MR) is 85.0 cm³/mol. The Hall–Kier alpha value is -1.45. The number of aliphatic carboxylic acids is 1. The third-order valence-corrected chi connectivity index (χ3v) is 4.39. The Labute approximate surface area is 140 Å². The van der Waals surface area contributed by atoms with Gasteiger partial charge in [-0.2, -0.15) is 0 Å². The quantitative estimate of drug-likeness (QED) is 0.617. The number of carboxylic acids is 1. The molecule has 0 bridgehead atoms. The number of carbonyl (C=O) groups excluding carboxylic acids is 2. The van der Waals surface area contributed by atoms with Crippen LogP contribution in [0.3, 0.4) is 0 Å². The minimum atomic E-state index is -1.15. The van der Waals surface area contributed by atoms with Gasteiger partial charge in [-0.05, 0) is 35.0 Å². The molecule has 2 atom stereocenters. The number of halogens is 1. The molecular formula is C13H17BrN2O5S. The molecule has 0 saturated heterocycles. The number of thiophene rings is 1. The summed E-state index contributed by atoms with van der Waals surface area (Å²) in [7, 11) is 1.45. The number of rotatable bonds is 8. The van der Waals surface area contributed by atoms with Crippen molar-refractivity contribution < 1.29 is 24.2 Å². The Balaban J connectivity index is 2.56. The second-order valence-electron chi connectivity index (χ2n) is 4.48. The molecule has 0 radical (unpaired) electrons. The Kier molecular flexibility index (Phi) is 7.49. The van der Waals surface area contributed by atoms with Crippen molar-refractivity contribution in [1.29, 1.82) is 0 Å². The summed E-state index contributed by atoms with van der Waals surface area (Å²) in [6, 6.07) is 1.46. The minimum Gasteiger partial charge on any atom is -0.480 e. The van der Waals surface area contributed by atoms with Gasteiger partial charge in [0.1, 0.15) is 12.1 Å². The SMILES string of the molecule is COCCC(NC(=O)C(C)NC(=O)c1ccc(Br)s1)C(=O)O. The van der Waals surface area contributed by atoms with Gasteiger partial charge in [-0.15, -0.1) is 11.3 Å². The molecule has 0 aliphatic rings. The summed E-state index contributed by atoms with van der Waals surface area (Å²) in [5.41, 5.74) is 0. The van der Waals surface area contributed by atoms with Gasteiger partial charge in [-0.25, -0.2) is 4.79 Å². The van der Waals surface area contributed by atoms with E-state index in [9.17, 15) is 14.4 Å². The van der Waals surface area contributed by atoms with E-state index in [1.807, 2.05) is 0 Å². The first-order chi connectivity index (χ1) is 10.3. The largest absolute Gasteiger partial charge is 0.480 e. The van der Waals surface area contributed by atoms with E-state index >= 15 is 0 Å². The fraction of sp³-hybridized carbons (Fsp3) is 0.462. The lowest BCUT2D eigenvalue weighted by molar-refractivity contribution is -0.142. The lowest BCUT2D eigenvalue weighted by atomic mass is 10.2. The average molecular weight is 393 g/mol. The number of amides is 2. The van der Waals surface area contributed by atoms with Crippen LogP contribution in [0.1, 0.15) is 23.0 Å². The van der Waals surface area contributed by atoms with Crippen LogP contribution >= 0.6 is 27.3 Å². The van der Waals surface area contributed by atoms with E-state index in [2.05, 4.69) is 26.6 Å². The van der Waals surface area contributed by atoms with Crippen molar-refractivity contribution in [3.63, 3.8) is 0 Å².